The van der Waals surface area contributed by atoms with Crippen LogP contribution in [0.4, 0.5) is 5.82 Å². The molecule has 0 unspecified atom stereocenters. The molecule has 0 bridgehead atoms. The van der Waals surface area contributed by atoms with E-state index >= 15 is 0 Å². The van der Waals surface area contributed by atoms with Crippen LogP contribution >= 0.6 is 0 Å². The molecule has 2 N–H and O–H groups in total. The fourth-order valence-electron chi connectivity index (χ4n) is 1.75. The molecule has 0 amide bonds. The minimum absolute atomic E-state index is 0.187. The van der Waals surface area contributed by atoms with Gasteiger partial charge in [0.05, 0.1) is 17.7 Å². The summed E-state index contributed by atoms with van der Waals surface area (Å²) in [7, 11) is -3.64. The van der Waals surface area contributed by atoms with Crippen LogP contribution in [0.3, 0.4) is 0 Å². The van der Waals surface area contributed by atoms with E-state index in [2.05, 4.69) is 14.9 Å². The summed E-state index contributed by atoms with van der Waals surface area (Å²) in [5, 5.41) is 6.40. The van der Waals surface area contributed by atoms with E-state index in [9.17, 15) is 8.42 Å². The van der Waals surface area contributed by atoms with Crippen molar-refractivity contribution in [1.29, 1.82) is 0 Å². The molecule has 6 nitrogen and oxygen atoms in total. The monoisotopic (exact) mass is 295 g/mol. The van der Waals surface area contributed by atoms with Crippen molar-refractivity contribution in [3.63, 3.8) is 0 Å². The van der Waals surface area contributed by atoms with Gasteiger partial charge in [-0.05, 0) is 44.5 Å². The second kappa shape index (κ2) is 5.54. The molecule has 0 aliphatic carbocycles. The van der Waals surface area contributed by atoms with Gasteiger partial charge in [0.1, 0.15) is 11.6 Å². The number of ether oxygens (including phenoxy) is 1. The Kier molecular flexibility index (Phi) is 3.99. The van der Waals surface area contributed by atoms with Crippen molar-refractivity contribution in [2.24, 2.45) is 0 Å². The lowest BCUT2D eigenvalue weighted by atomic mass is 10.2. The largest absolute Gasteiger partial charge is 0.494 e. The molecule has 108 valence electrons. The number of nitrogens with zero attached hydrogens (tertiary/aromatic N) is 1. The summed E-state index contributed by atoms with van der Waals surface area (Å²) in [4.78, 5) is 0.187. The highest BCUT2D eigenvalue weighted by Gasteiger charge is 2.17. The zero-order valence-corrected chi connectivity index (χ0v) is 12.4. The molecule has 0 aliphatic rings. The van der Waals surface area contributed by atoms with Crippen LogP contribution < -0.4 is 9.46 Å². The third-order valence-corrected chi connectivity index (χ3v) is 4.17. The van der Waals surface area contributed by atoms with Crippen molar-refractivity contribution >= 4 is 15.8 Å². The molecule has 0 saturated heterocycles. The Bertz CT molecular complexity index is 707. The fourth-order valence-corrected chi connectivity index (χ4v) is 2.92. The lowest BCUT2D eigenvalue weighted by molar-refractivity contribution is 0.337. The molecule has 2 aromatic rings. The van der Waals surface area contributed by atoms with Crippen LogP contribution in [0.5, 0.6) is 5.75 Å². The second-order valence-electron chi connectivity index (χ2n) is 4.39. The van der Waals surface area contributed by atoms with Crippen molar-refractivity contribution < 1.29 is 13.2 Å². The highest BCUT2D eigenvalue weighted by atomic mass is 32.2. The number of rotatable bonds is 5. The lowest BCUT2D eigenvalue weighted by Crippen LogP contribution is -2.14. The predicted molar refractivity (Wildman–Crippen MR) is 76.5 cm³/mol. The smallest absolute Gasteiger partial charge is 0.263 e. The van der Waals surface area contributed by atoms with Crippen LogP contribution in [0, 0.1) is 13.8 Å². The Balaban J connectivity index is 2.30. The Morgan fingerprint density at radius 2 is 2.05 bits per heavy atom. The SMILES string of the molecule is CCOc1ccc(S(=O)(=O)Nc2[nH]ncc2C)cc1C. The molecule has 1 heterocycles. The minimum atomic E-state index is -3.64. The van der Waals surface area contributed by atoms with E-state index in [-0.39, 0.29) is 4.90 Å². The molecule has 0 atom stereocenters. The van der Waals surface area contributed by atoms with Gasteiger partial charge in [-0.3, -0.25) is 9.82 Å². The maximum Gasteiger partial charge on any atom is 0.263 e. The molecule has 0 radical (unpaired) electrons. The quantitative estimate of drug-likeness (QED) is 0.886. The van der Waals surface area contributed by atoms with Crippen molar-refractivity contribution in [2.45, 2.75) is 25.7 Å². The topological polar surface area (TPSA) is 84.1 Å². The third-order valence-electron chi connectivity index (χ3n) is 2.82. The molecular formula is C13H17N3O3S. The molecule has 0 spiro atoms. The van der Waals surface area contributed by atoms with E-state index in [1.807, 2.05) is 13.8 Å². The van der Waals surface area contributed by atoms with Crippen LogP contribution in [0.25, 0.3) is 0 Å². The van der Waals surface area contributed by atoms with Gasteiger partial charge in [0, 0.05) is 5.56 Å². The fraction of sp³-hybridized carbons (Fsp3) is 0.308. The molecule has 7 heteroatoms. The Morgan fingerprint density at radius 3 is 2.60 bits per heavy atom. The van der Waals surface area contributed by atoms with Crippen molar-refractivity contribution in [3.8, 4) is 5.75 Å². The average Bonchev–Trinajstić information content (AvgIpc) is 2.77. The summed E-state index contributed by atoms with van der Waals surface area (Å²) in [6.45, 7) is 6.00. The molecule has 2 rings (SSSR count). The van der Waals surface area contributed by atoms with E-state index < -0.39 is 10.0 Å². The van der Waals surface area contributed by atoms with Crippen molar-refractivity contribution in [3.05, 3.63) is 35.5 Å². The highest BCUT2D eigenvalue weighted by molar-refractivity contribution is 7.92. The summed E-state index contributed by atoms with van der Waals surface area (Å²) in [5.74, 6) is 1.06. The molecule has 1 aromatic carbocycles. The Hall–Kier alpha value is -2.02. The molecule has 0 saturated carbocycles. The minimum Gasteiger partial charge on any atom is -0.494 e. The number of nitrogens with one attached hydrogen (secondary N) is 2. The zero-order valence-electron chi connectivity index (χ0n) is 11.6. The summed E-state index contributed by atoms with van der Waals surface area (Å²) in [6, 6.07) is 4.76. The number of aryl methyl sites for hydroxylation is 2. The summed E-state index contributed by atoms with van der Waals surface area (Å²) in [5.41, 5.74) is 1.51. The lowest BCUT2D eigenvalue weighted by Gasteiger charge is -2.10. The molecule has 20 heavy (non-hydrogen) atoms. The van der Waals surface area contributed by atoms with Gasteiger partial charge in [0.15, 0.2) is 0 Å². The van der Waals surface area contributed by atoms with Crippen LogP contribution in [0.2, 0.25) is 0 Å². The van der Waals surface area contributed by atoms with Crippen LogP contribution in [-0.4, -0.2) is 25.2 Å². The van der Waals surface area contributed by atoms with Crippen LogP contribution in [-0.2, 0) is 10.0 Å². The van der Waals surface area contributed by atoms with E-state index in [0.717, 1.165) is 11.1 Å². The number of H-pyrrole nitrogens is 1. The number of sulfonamides is 1. The zero-order chi connectivity index (χ0) is 14.8. The Morgan fingerprint density at radius 1 is 1.30 bits per heavy atom. The van der Waals surface area contributed by atoms with Crippen LogP contribution in [0.15, 0.2) is 29.3 Å². The summed E-state index contributed by atoms with van der Waals surface area (Å²) in [6.07, 6.45) is 1.56. The predicted octanol–water partition coefficient (Wildman–Crippen LogP) is 2.23. The van der Waals surface area contributed by atoms with Crippen molar-refractivity contribution in [1.82, 2.24) is 10.2 Å². The Labute approximate surface area is 118 Å². The van der Waals surface area contributed by atoms with Gasteiger partial charge in [-0.2, -0.15) is 5.10 Å². The van der Waals surface area contributed by atoms with Gasteiger partial charge in [0.2, 0.25) is 0 Å². The van der Waals surface area contributed by atoms with E-state index in [0.29, 0.717) is 18.2 Å². The standard InChI is InChI=1S/C13H17N3O3S/c1-4-19-12-6-5-11(7-9(12)2)20(17,18)16-13-10(3)8-14-15-13/h5-8H,4H2,1-3H3,(H2,14,15,16). The van der Waals surface area contributed by atoms with E-state index in [1.165, 1.54) is 6.07 Å². The van der Waals surface area contributed by atoms with Gasteiger partial charge < -0.3 is 4.74 Å². The summed E-state index contributed by atoms with van der Waals surface area (Å²) >= 11 is 0. The average molecular weight is 295 g/mol. The number of aromatic amines is 1. The van der Waals surface area contributed by atoms with E-state index in [4.69, 9.17) is 4.74 Å². The van der Waals surface area contributed by atoms with Gasteiger partial charge in [0.25, 0.3) is 10.0 Å². The first-order chi connectivity index (χ1) is 9.44. The maximum atomic E-state index is 12.3. The number of hydrogen-bond donors (Lipinski definition) is 2. The second-order valence-corrected chi connectivity index (χ2v) is 6.08. The molecule has 0 fully saturated rings. The third kappa shape index (κ3) is 2.93. The normalized spacial score (nSPS) is 11.3. The highest BCUT2D eigenvalue weighted by Crippen LogP contribution is 2.23. The molecule has 1 aromatic heterocycles. The molecular weight excluding hydrogens is 278 g/mol. The van der Waals surface area contributed by atoms with Gasteiger partial charge in [-0.1, -0.05) is 0 Å². The van der Waals surface area contributed by atoms with Gasteiger partial charge >= 0.3 is 0 Å². The number of hydrogen-bond acceptors (Lipinski definition) is 4. The van der Waals surface area contributed by atoms with Gasteiger partial charge in [-0.15, -0.1) is 0 Å². The first kappa shape index (κ1) is 14.4. The first-order valence-corrected chi connectivity index (χ1v) is 7.68. The summed E-state index contributed by atoms with van der Waals surface area (Å²) < 4.78 is 32.4. The van der Waals surface area contributed by atoms with Crippen LogP contribution in [0.1, 0.15) is 18.1 Å². The maximum absolute atomic E-state index is 12.3. The van der Waals surface area contributed by atoms with Gasteiger partial charge in [-0.25, -0.2) is 8.42 Å². The van der Waals surface area contributed by atoms with E-state index in [1.54, 1.807) is 25.3 Å². The van der Waals surface area contributed by atoms with Crippen molar-refractivity contribution in [2.75, 3.05) is 11.3 Å². The number of anilines is 1. The molecule has 0 aliphatic heterocycles. The number of aromatic nitrogens is 2. The first-order valence-electron chi connectivity index (χ1n) is 6.20. The number of benzene rings is 1.